The molecule has 5 heteroatoms. The van der Waals surface area contributed by atoms with E-state index in [1.165, 1.54) is 17.0 Å². The fourth-order valence-corrected chi connectivity index (χ4v) is 2.86. The Bertz CT molecular complexity index is 638. The first kappa shape index (κ1) is 17.1. The molecule has 0 aliphatic heterocycles. The topological polar surface area (TPSA) is 63.6 Å². The van der Waals surface area contributed by atoms with Gasteiger partial charge in [0.2, 0.25) is 0 Å². The van der Waals surface area contributed by atoms with Crippen LogP contribution in [0.2, 0.25) is 0 Å². The molecular formula is C18H18O4S. The van der Waals surface area contributed by atoms with Crippen molar-refractivity contribution >= 4 is 23.5 Å². The smallest absolute Gasteiger partial charge is 0.377 e. The minimum atomic E-state index is -1.45. The predicted molar refractivity (Wildman–Crippen MR) is 90.3 cm³/mol. The minimum absolute atomic E-state index is 0.157. The van der Waals surface area contributed by atoms with E-state index in [0.29, 0.717) is 12.4 Å². The molecule has 0 saturated carbocycles. The number of hydrogen-bond donors (Lipinski definition) is 1. The second-order valence-electron chi connectivity index (χ2n) is 4.88. The van der Waals surface area contributed by atoms with Gasteiger partial charge in [-0.3, -0.25) is 4.79 Å². The van der Waals surface area contributed by atoms with Gasteiger partial charge in [-0.1, -0.05) is 18.2 Å². The average Bonchev–Trinajstić information content (AvgIpc) is 2.58. The summed E-state index contributed by atoms with van der Waals surface area (Å²) in [6.45, 7) is 0.599. The van der Waals surface area contributed by atoms with E-state index in [2.05, 4.69) is 12.1 Å². The first-order valence-corrected chi connectivity index (χ1v) is 8.34. The number of ether oxygens (including phenoxy) is 1. The number of hydrogen-bond acceptors (Lipinski definition) is 4. The highest BCUT2D eigenvalue weighted by Crippen LogP contribution is 2.18. The van der Waals surface area contributed by atoms with Gasteiger partial charge in [0.05, 0.1) is 6.61 Å². The summed E-state index contributed by atoms with van der Waals surface area (Å²) >= 11 is 1.83. The van der Waals surface area contributed by atoms with Gasteiger partial charge in [0.15, 0.2) is 0 Å². The third-order valence-electron chi connectivity index (χ3n) is 3.13. The highest BCUT2D eigenvalue weighted by molar-refractivity contribution is 7.99. The van der Waals surface area contributed by atoms with E-state index < -0.39 is 11.8 Å². The van der Waals surface area contributed by atoms with Gasteiger partial charge in [0.25, 0.3) is 5.78 Å². The van der Waals surface area contributed by atoms with Crippen molar-refractivity contribution < 1.29 is 19.4 Å². The van der Waals surface area contributed by atoms with E-state index in [0.717, 1.165) is 18.6 Å². The first-order valence-electron chi connectivity index (χ1n) is 7.35. The second-order valence-corrected chi connectivity index (χ2v) is 6.04. The Morgan fingerprint density at radius 2 is 1.65 bits per heavy atom. The third kappa shape index (κ3) is 5.79. The van der Waals surface area contributed by atoms with Crippen LogP contribution in [-0.4, -0.2) is 29.2 Å². The number of ketones is 1. The minimum Gasteiger partial charge on any atom is -0.494 e. The molecular weight excluding hydrogens is 312 g/mol. The molecule has 0 radical (unpaired) electrons. The van der Waals surface area contributed by atoms with Crippen LogP contribution in [0, 0.1) is 0 Å². The number of rotatable bonds is 9. The number of aliphatic carboxylic acids is 1. The Balaban J connectivity index is 1.64. The molecule has 0 bridgehead atoms. The lowest BCUT2D eigenvalue weighted by molar-refractivity contribution is -0.131. The van der Waals surface area contributed by atoms with Crippen molar-refractivity contribution in [3.05, 3.63) is 60.2 Å². The fraction of sp³-hybridized carbons (Fsp3) is 0.222. The molecule has 0 fully saturated rings. The van der Waals surface area contributed by atoms with E-state index >= 15 is 0 Å². The lowest BCUT2D eigenvalue weighted by Crippen LogP contribution is -2.12. The predicted octanol–water partition coefficient (Wildman–Crippen LogP) is 3.91. The number of carbonyl (C=O) groups is 2. The zero-order valence-electron chi connectivity index (χ0n) is 12.6. The average molecular weight is 330 g/mol. The highest BCUT2D eigenvalue weighted by Gasteiger charge is 2.13. The van der Waals surface area contributed by atoms with Crippen LogP contribution in [0.3, 0.4) is 0 Å². The van der Waals surface area contributed by atoms with Crippen molar-refractivity contribution in [2.75, 3.05) is 12.4 Å². The molecule has 2 aromatic carbocycles. The Hall–Kier alpha value is -2.27. The van der Waals surface area contributed by atoms with E-state index in [1.54, 1.807) is 12.1 Å². The largest absolute Gasteiger partial charge is 0.494 e. The van der Waals surface area contributed by atoms with E-state index in [1.807, 2.05) is 30.0 Å². The molecule has 0 atom stereocenters. The van der Waals surface area contributed by atoms with Crippen LogP contribution in [0.15, 0.2) is 59.5 Å². The van der Waals surface area contributed by atoms with Crippen LogP contribution in [0.1, 0.15) is 23.2 Å². The maximum atomic E-state index is 11.3. The Kier molecular flexibility index (Phi) is 6.69. The summed E-state index contributed by atoms with van der Waals surface area (Å²) in [4.78, 5) is 23.1. The SMILES string of the molecule is O=C(O)C(=O)c1ccc(OCCCCSc2ccccc2)cc1. The van der Waals surface area contributed by atoms with Crippen LogP contribution >= 0.6 is 11.8 Å². The number of unbranched alkanes of at least 4 members (excludes halogenated alkanes) is 1. The summed E-state index contributed by atoms with van der Waals surface area (Å²) in [5.41, 5.74) is 0.157. The van der Waals surface area contributed by atoms with Crippen molar-refractivity contribution in [3.63, 3.8) is 0 Å². The molecule has 0 aliphatic rings. The van der Waals surface area contributed by atoms with Crippen LogP contribution < -0.4 is 4.74 Å². The molecule has 2 rings (SSSR count). The Morgan fingerprint density at radius 1 is 0.957 bits per heavy atom. The number of carboxylic acid groups (broad SMARTS) is 1. The van der Waals surface area contributed by atoms with Gasteiger partial charge in [-0.2, -0.15) is 0 Å². The first-order chi connectivity index (χ1) is 11.2. The van der Waals surface area contributed by atoms with Crippen LogP contribution in [0.4, 0.5) is 0 Å². The van der Waals surface area contributed by atoms with Gasteiger partial charge in [0.1, 0.15) is 5.75 Å². The summed E-state index contributed by atoms with van der Waals surface area (Å²) in [5, 5.41) is 8.63. The standard InChI is InChI=1S/C18H18O4S/c19-17(18(20)21)14-8-10-15(11-9-14)22-12-4-5-13-23-16-6-2-1-3-7-16/h1-3,6-11H,4-5,12-13H2,(H,20,21). The summed E-state index contributed by atoms with van der Waals surface area (Å²) in [6, 6.07) is 16.4. The van der Waals surface area contributed by atoms with Crippen molar-refractivity contribution in [1.82, 2.24) is 0 Å². The molecule has 0 heterocycles. The van der Waals surface area contributed by atoms with Gasteiger partial charge in [-0.05, 0) is 55.0 Å². The van der Waals surface area contributed by atoms with Gasteiger partial charge >= 0.3 is 5.97 Å². The number of benzene rings is 2. The second kappa shape index (κ2) is 9.00. The normalized spacial score (nSPS) is 10.3. The zero-order valence-corrected chi connectivity index (χ0v) is 13.4. The van der Waals surface area contributed by atoms with E-state index in [9.17, 15) is 9.59 Å². The molecule has 23 heavy (non-hydrogen) atoms. The molecule has 0 spiro atoms. The highest BCUT2D eigenvalue weighted by atomic mass is 32.2. The van der Waals surface area contributed by atoms with Gasteiger partial charge in [0, 0.05) is 10.5 Å². The van der Waals surface area contributed by atoms with Crippen LogP contribution in [-0.2, 0) is 4.79 Å². The summed E-state index contributed by atoms with van der Waals surface area (Å²) in [6.07, 6.45) is 1.99. The lowest BCUT2D eigenvalue weighted by atomic mass is 10.1. The molecule has 4 nitrogen and oxygen atoms in total. The molecule has 2 aromatic rings. The van der Waals surface area contributed by atoms with E-state index in [4.69, 9.17) is 9.84 Å². The van der Waals surface area contributed by atoms with Gasteiger partial charge in [-0.15, -0.1) is 11.8 Å². The third-order valence-corrected chi connectivity index (χ3v) is 4.23. The van der Waals surface area contributed by atoms with Crippen LogP contribution in [0.5, 0.6) is 5.75 Å². The monoisotopic (exact) mass is 330 g/mol. The van der Waals surface area contributed by atoms with Gasteiger partial charge in [-0.25, -0.2) is 4.79 Å². The molecule has 0 aliphatic carbocycles. The molecule has 1 N–H and O–H groups in total. The van der Waals surface area contributed by atoms with Crippen LogP contribution in [0.25, 0.3) is 0 Å². The summed E-state index contributed by atoms with van der Waals surface area (Å²) < 4.78 is 5.59. The maximum absolute atomic E-state index is 11.3. The number of carboxylic acids is 1. The zero-order chi connectivity index (χ0) is 16.5. The van der Waals surface area contributed by atoms with Gasteiger partial charge < -0.3 is 9.84 Å². The number of carbonyl (C=O) groups excluding carboxylic acids is 1. The summed E-state index contributed by atoms with van der Waals surface area (Å²) in [5.74, 6) is -0.675. The fourth-order valence-electron chi connectivity index (χ4n) is 1.93. The van der Waals surface area contributed by atoms with Crippen molar-refractivity contribution in [1.29, 1.82) is 0 Å². The van der Waals surface area contributed by atoms with E-state index in [-0.39, 0.29) is 5.56 Å². The lowest BCUT2D eigenvalue weighted by Gasteiger charge is -2.06. The summed E-state index contributed by atoms with van der Waals surface area (Å²) in [7, 11) is 0. The molecule has 0 unspecified atom stereocenters. The molecule has 0 amide bonds. The number of Topliss-reactive ketones (excluding diaryl/α,β-unsaturated/α-hetero) is 1. The molecule has 0 aromatic heterocycles. The van der Waals surface area contributed by atoms with Crippen molar-refractivity contribution in [2.45, 2.75) is 17.7 Å². The molecule has 0 saturated heterocycles. The van der Waals surface area contributed by atoms with Crippen molar-refractivity contribution in [2.24, 2.45) is 0 Å². The Labute approximate surface area is 139 Å². The Morgan fingerprint density at radius 3 is 2.30 bits per heavy atom. The molecule has 120 valence electrons. The maximum Gasteiger partial charge on any atom is 0.377 e. The quantitative estimate of drug-likeness (QED) is 0.327. The number of thioether (sulfide) groups is 1. The van der Waals surface area contributed by atoms with Crippen molar-refractivity contribution in [3.8, 4) is 5.75 Å².